The van der Waals surface area contributed by atoms with E-state index in [4.69, 9.17) is 5.73 Å². The van der Waals surface area contributed by atoms with Crippen molar-refractivity contribution in [2.45, 2.75) is 24.9 Å². The molecule has 1 saturated carbocycles. The number of phenols is 1. The van der Waals surface area contributed by atoms with E-state index in [2.05, 4.69) is 29.6 Å². The van der Waals surface area contributed by atoms with Crippen molar-refractivity contribution in [3.05, 3.63) is 65.2 Å². The molecule has 0 aliphatic heterocycles. The lowest BCUT2D eigenvalue weighted by atomic mass is 10.1. The Morgan fingerprint density at radius 2 is 2.00 bits per heavy atom. The molecule has 2 atom stereocenters. The predicted molar refractivity (Wildman–Crippen MR) is 81.1 cm³/mol. The largest absolute Gasteiger partial charge is 0.507 e. The zero-order chi connectivity index (χ0) is 14.8. The minimum absolute atomic E-state index is 0.0581. The summed E-state index contributed by atoms with van der Waals surface area (Å²) in [4.78, 5) is 11.1. The Kier molecular flexibility index (Phi) is 3.62. The minimum atomic E-state index is -0.613. The maximum atomic E-state index is 11.1. The Morgan fingerprint density at radius 3 is 2.67 bits per heavy atom. The van der Waals surface area contributed by atoms with Crippen LogP contribution in [0.4, 0.5) is 0 Å². The van der Waals surface area contributed by atoms with Crippen LogP contribution in [-0.2, 0) is 6.54 Å². The number of primary amides is 1. The van der Waals surface area contributed by atoms with Gasteiger partial charge in [0.25, 0.3) is 5.91 Å². The topological polar surface area (TPSA) is 75.4 Å². The number of aromatic hydroxyl groups is 1. The first-order valence-electron chi connectivity index (χ1n) is 7.05. The summed E-state index contributed by atoms with van der Waals surface area (Å²) < 4.78 is 0. The summed E-state index contributed by atoms with van der Waals surface area (Å²) >= 11 is 0. The Hall–Kier alpha value is -2.33. The van der Waals surface area contributed by atoms with Crippen LogP contribution in [0.15, 0.2) is 48.5 Å². The zero-order valence-electron chi connectivity index (χ0n) is 11.6. The van der Waals surface area contributed by atoms with Crippen molar-refractivity contribution in [1.82, 2.24) is 5.32 Å². The summed E-state index contributed by atoms with van der Waals surface area (Å²) in [5, 5.41) is 13.2. The van der Waals surface area contributed by atoms with Gasteiger partial charge < -0.3 is 16.2 Å². The average molecular weight is 282 g/mol. The number of amides is 1. The summed E-state index contributed by atoms with van der Waals surface area (Å²) in [6, 6.07) is 15.9. The van der Waals surface area contributed by atoms with E-state index in [-0.39, 0.29) is 11.3 Å². The SMILES string of the molecule is NC(=O)c1ccc(CNC2CC2c2ccccc2)cc1O. The summed E-state index contributed by atoms with van der Waals surface area (Å²) in [6.45, 7) is 0.667. The number of hydrogen-bond acceptors (Lipinski definition) is 3. The number of nitrogens with two attached hydrogens (primary N) is 1. The normalized spacial score (nSPS) is 20.2. The van der Waals surface area contributed by atoms with Crippen LogP contribution in [0, 0.1) is 0 Å². The number of rotatable bonds is 5. The van der Waals surface area contributed by atoms with Crippen LogP contribution in [0.2, 0.25) is 0 Å². The van der Waals surface area contributed by atoms with E-state index < -0.39 is 5.91 Å². The lowest BCUT2D eigenvalue weighted by Gasteiger charge is -2.07. The molecule has 3 rings (SSSR count). The molecule has 1 aliphatic rings. The first kappa shape index (κ1) is 13.6. The highest BCUT2D eigenvalue weighted by molar-refractivity contribution is 5.95. The van der Waals surface area contributed by atoms with E-state index in [0.717, 1.165) is 12.0 Å². The smallest absolute Gasteiger partial charge is 0.252 e. The van der Waals surface area contributed by atoms with Gasteiger partial charge >= 0.3 is 0 Å². The number of carbonyl (C=O) groups is 1. The lowest BCUT2D eigenvalue weighted by molar-refractivity contribution is 0.0998. The average Bonchev–Trinajstić information content (AvgIpc) is 3.25. The molecule has 1 fully saturated rings. The number of benzene rings is 2. The molecule has 21 heavy (non-hydrogen) atoms. The number of nitrogens with one attached hydrogen (secondary N) is 1. The monoisotopic (exact) mass is 282 g/mol. The molecule has 2 unspecified atom stereocenters. The van der Waals surface area contributed by atoms with Crippen molar-refractivity contribution in [2.75, 3.05) is 0 Å². The summed E-state index contributed by atoms with van der Waals surface area (Å²) in [5.41, 5.74) is 7.63. The van der Waals surface area contributed by atoms with E-state index in [1.807, 2.05) is 12.1 Å². The van der Waals surface area contributed by atoms with Crippen LogP contribution >= 0.6 is 0 Å². The summed E-state index contributed by atoms with van der Waals surface area (Å²) in [6.07, 6.45) is 1.13. The highest BCUT2D eigenvalue weighted by atomic mass is 16.3. The van der Waals surface area contributed by atoms with Crippen LogP contribution in [0.25, 0.3) is 0 Å². The molecule has 4 nitrogen and oxygen atoms in total. The molecule has 0 bridgehead atoms. The van der Waals surface area contributed by atoms with Gasteiger partial charge in [-0.25, -0.2) is 0 Å². The Labute approximate surface area is 123 Å². The summed E-state index contributed by atoms with van der Waals surface area (Å²) in [7, 11) is 0. The van der Waals surface area contributed by atoms with Gasteiger partial charge in [0.05, 0.1) is 5.56 Å². The third-order valence-electron chi connectivity index (χ3n) is 3.91. The lowest BCUT2D eigenvalue weighted by Crippen LogP contribution is -2.17. The fourth-order valence-electron chi connectivity index (χ4n) is 2.63. The van der Waals surface area contributed by atoms with E-state index in [1.165, 1.54) is 5.56 Å². The van der Waals surface area contributed by atoms with Gasteiger partial charge in [0.15, 0.2) is 0 Å². The van der Waals surface area contributed by atoms with E-state index in [1.54, 1.807) is 12.1 Å². The van der Waals surface area contributed by atoms with E-state index in [0.29, 0.717) is 18.5 Å². The molecule has 1 aliphatic carbocycles. The molecule has 4 N–H and O–H groups in total. The van der Waals surface area contributed by atoms with Crippen molar-refractivity contribution >= 4 is 5.91 Å². The van der Waals surface area contributed by atoms with Gasteiger partial charge in [0, 0.05) is 18.5 Å². The summed E-state index contributed by atoms with van der Waals surface area (Å²) in [5.74, 6) is -0.0970. The van der Waals surface area contributed by atoms with Gasteiger partial charge in [0.2, 0.25) is 0 Å². The van der Waals surface area contributed by atoms with Gasteiger partial charge in [-0.15, -0.1) is 0 Å². The molecule has 0 radical (unpaired) electrons. The second-order valence-corrected chi connectivity index (χ2v) is 5.46. The molecular formula is C17H18N2O2. The molecule has 4 heteroatoms. The van der Waals surface area contributed by atoms with Crippen LogP contribution in [0.5, 0.6) is 5.75 Å². The van der Waals surface area contributed by atoms with Crippen LogP contribution in [0.1, 0.15) is 33.8 Å². The van der Waals surface area contributed by atoms with Gasteiger partial charge in [-0.2, -0.15) is 0 Å². The van der Waals surface area contributed by atoms with Gasteiger partial charge in [0.1, 0.15) is 5.75 Å². The predicted octanol–water partition coefficient (Wildman–Crippen LogP) is 2.14. The molecular weight excluding hydrogens is 264 g/mol. The molecule has 0 aromatic heterocycles. The molecule has 2 aromatic rings. The van der Waals surface area contributed by atoms with Gasteiger partial charge in [-0.3, -0.25) is 4.79 Å². The third kappa shape index (κ3) is 3.06. The highest BCUT2D eigenvalue weighted by Crippen LogP contribution is 2.40. The molecule has 108 valence electrons. The molecule has 0 spiro atoms. The molecule has 0 saturated heterocycles. The Bertz CT molecular complexity index is 655. The second-order valence-electron chi connectivity index (χ2n) is 5.46. The first-order valence-corrected chi connectivity index (χ1v) is 7.05. The Morgan fingerprint density at radius 1 is 1.24 bits per heavy atom. The van der Waals surface area contributed by atoms with Gasteiger partial charge in [-0.05, 0) is 29.7 Å². The number of carbonyl (C=O) groups excluding carboxylic acids is 1. The maximum absolute atomic E-state index is 11.1. The van der Waals surface area contributed by atoms with Crippen molar-refractivity contribution in [2.24, 2.45) is 5.73 Å². The molecule has 2 aromatic carbocycles. The van der Waals surface area contributed by atoms with E-state index >= 15 is 0 Å². The van der Waals surface area contributed by atoms with Crippen molar-refractivity contribution in [3.8, 4) is 5.75 Å². The highest BCUT2D eigenvalue weighted by Gasteiger charge is 2.37. The zero-order valence-corrected chi connectivity index (χ0v) is 11.6. The minimum Gasteiger partial charge on any atom is -0.507 e. The Balaban J connectivity index is 1.57. The van der Waals surface area contributed by atoms with Crippen LogP contribution in [-0.4, -0.2) is 17.1 Å². The van der Waals surface area contributed by atoms with Gasteiger partial charge in [-0.1, -0.05) is 36.4 Å². The fourth-order valence-corrected chi connectivity index (χ4v) is 2.63. The molecule has 1 amide bonds. The van der Waals surface area contributed by atoms with Crippen LogP contribution in [0.3, 0.4) is 0 Å². The van der Waals surface area contributed by atoms with Crippen LogP contribution < -0.4 is 11.1 Å². The van der Waals surface area contributed by atoms with E-state index in [9.17, 15) is 9.90 Å². The number of hydrogen-bond donors (Lipinski definition) is 3. The maximum Gasteiger partial charge on any atom is 0.252 e. The standard InChI is InChI=1S/C17H18N2O2/c18-17(21)13-7-6-11(8-16(13)20)10-19-15-9-14(15)12-4-2-1-3-5-12/h1-8,14-15,19-20H,9-10H2,(H2,18,21). The fraction of sp³-hybridized carbons (Fsp3) is 0.235. The third-order valence-corrected chi connectivity index (χ3v) is 3.91. The quantitative estimate of drug-likeness (QED) is 0.786. The van der Waals surface area contributed by atoms with Crippen molar-refractivity contribution in [1.29, 1.82) is 0 Å². The molecule has 0 heterocycles. The van der Waals surface area contributed by atoms with Crippen molar-refractivity contribution in [3.63, 3.8) is 0 Å². The second kappa shape index (κ2) is 5.58. The van der Waals surface area contributed by atoms with Crippen molar-refractivity contribution < 1.29 is 9.90 Å². The first-order chi connectivity index (χ1) is 10.1.